The van der Waals surface area contributed by atoms with Gasteiger partial charge in [0, 0.05) is 63.2 Å². The summed E-state index contributed by atoms with van der Waals surface area (Å²) in [5.41, 5.74) is 1.29. The minimum atomic E-state index is -0.347. The third-order valence-corrected chi connectivity index (χ3v) is 5.58. The molecule has 0 aliphatic carbocycles. The molecule has 1 aromatic heterocycles. The third-order valence-electron chi connectivity index (χ3n) is 5.33. The normalized spacial score (nSPS) is 24.9. The highest BCUT2D eigenvalue weighted by molar-refractivity contribution is 6.30. The molecule has 4 rings (SSSR count). The number of hydrogen-bond donors (Lipinski definition) is 1. The van der Waals surface area contributed by atoms with Crippen LogP contribution in [-0.2, 0) is 6.54 Å². The molecule has 2 saturated heterocycles. The van der Waals surface area contributed by atoms with E-state index in [1.165, 1.54) is 5.56 Å². The fraction of sp³-hybridized carbons (Fsp3) is 0.474. The maximum absolute atomic E-state index is 10.5. The van der Waals surface area contributed by atoms with Crippen molar-refractivity contribution in [2.24, 2.45) is 0 Å². The quantitative estimate of drug-likeness (QED) is 0.876. The van der Waals surface area contributed by atoms with Crippen LogP contribution in [-0.4, -0.2) is 76.3 Å². The molecule has 2 atom stereocenters. The maximum atomic E-state index is 10.5. The Morgan fingerprint density at radius 3 is 2.50 bits per heavy atom. The second-order valence-electron chi connectivity index (χ2n) is 7.04. The standard InChI is InChI=1S/C19H24ClN5O/c20-16-3-1-15(2-4-16)12-23-7-9-24(10-8-23)17-13-25(14-18(17)26)19-11-21-5-6-22-19/h1-6,11,17-18,26H,7-10,12-14H2/t17-,18-/m1/s1. The molecule has 0 bridgehead atoms. The summed E-state index contributed by atoms with van der Waals surface area (Å²) in [6.07, 6.45) is 4.79. The summed E-state index contributed by atoms with van der Waals surface area (Å²) in [4.78, 5) is 15.5. The Kier molecular flexibility index (Phi) is 5.36. The van der Waals surface area contributed by atoms with Crippen molar-refractivity contribution < 1.29 is 5.11 Å². The van der Waals surface area contributed by atoms with Gasteiger partial charge in [0.15, 0.2) is 0 Å². The van der Waals surface area contributed by atoms with Crippen LogP contribution in [0.15, 0.2) is 42.9 Å². The second-order valence-corrected chi connectivity index (χ2v) is 7.48. The summed E-state index contributed by atoms with van der Waals surface area (Å²) in [6, 6.07) is 8.24. The van der Waals surface area contributed by atoms with Crippen LogP contribution in [0.1, 0.15) is 5.56 Å². The number of aliphatic hydroxyl groups is 1. The lowest BCUT2D eigenvalue weighted by molar-refractivity contribution is 0.0424. The molecule has 0 radical (unpaired) electrons. The number of β-amino-alcohol motifs (C(OH)–C–C–N with tert-alkyl or cyclic N) is 1. The predicted octanol–water partition coefficient (Wildman–Crippen LogP) is 1.50. The van der Waals surface area contributed by atoms with Crippen LogP contribution in [0.5, 0.6) is 0 Å². The van der Waals surface area contributed by atoms with E-state index in [9.17, 15) is 5.11 Å². The van der Waals surface area contributed by atoms with Gasteiger partial charge in [-0.15, -0.1) is 0 Å². The largest absolute Gasteiger partial charge is 0.390 e. The van der Waals surface area contributed by atoms with Gasteiger partial charge in [-0.2, -0.15) is 0 Å². The maximum Gasteiger partial charge on any atom is 0.147 e. The number of nitrogens with zero attached hydrogens (tertiary/aromatic N) is 5. The first-order valence-electron chi connectivity index (χ1n) is 9.09. The van der Waals surface area contributed by atoms with E-state index in [2.05, 4.69) is 36.8 Å². The molecular weight excluding hydrogens is 350 g/mol. The number of aromatic nitrogens is 2. The van der Waals surface area contributed by atoms with Crippen LogP contribution in [0, 0.1) is 0 Å². The molecule has 1 aromatic carbocycles. The Labute approximate surface area is 159 Å². The van der Waals surface area contributed by atoms with Gasteiger partial charge < -0.3 is 10.0 Å². The van der Waals surface area contributed by atoms with Gasteiger partial charge in [0.1, 0.15) is 5.82 Å². The summed E-state index contributed by atoms with van der Waals surface area (Å²) in [7, 11) is 0. The van der Waals surface area contributed by atoms with Crippen molar-refractivity contribution in [3.63, 3.8) is 0 Å². The zero-order chi connectivity index (χ0) is 17.9. The van der Waals surface area contributed by atoms with Gasteiger partial charge in [0.2, 0.25) is 0 Å². The predicted molar refractivity (Wildman–Crippen MR) is 102 cm³/mol. The van der Waals surface area contributed by atoms with Crippen molar-refractivity contribution in [1.82, 2.24) is 19.8 Å². The first-order valence-corrected chi connectivity index (χ1v) is 9.47. The van der Waals surface area contributed by atoms with Gasteiger partial charge in [0.05, 0.1) is 18.3 Å². The molecule has 2 aliphatic heterocycles. The van der Waals surface area contributed by atoms with E-state index in [0.717, 1.165) is 50.1 Å². The Morgan fingerprint density at radius 1 is 1.04 bits per heavy atom. The van der Waals surface area contributed by atoms with E-state index in [0.29, 0.717) is 6.54 Å². The van der Waals surface area contributed by atoms with Crippen molar-refractivity contribution in [1.29, 1.82) is 0 Å². The number of piperazine rings is 1. The van der Waals surface area contributed by atoms with E-state index in [-0.39, 0.29) is 12.1 Å². The molecule has 1 N–H and O–H groups in total. The number of anilines is 1. The first-order chi connectivity index (χ1) is 12.7. The lowest BCUT2D eigenvalue weighted by Crippen LogP contribution is -2.53. The summed E-state index contributed by atoms with van der Waals surface area (Å²) in [5, 5.41) is 11.3. The molecule has 0 unspecified atom stereocenters. The number of halogens is 1. The zero-order valence-electron chi connectivity index (χ0n) is 14.7. The van der Waals surface area contributed by atoms with Gasteiger partial charge in [0.25, 0.3) is 0 Å². The molecule has 2 aliphatic rings. The van der Waals surface area contributed by atoms with Crippen LogP contribution in [0.3, 0.4) is 0 Å². The number of aliphatic hydroxyl groups excluding tert-OH is 1. The van der Waals surface area contributed by atoms with Crippen molar-refractivity contribution >= 4 is 17.4 Å². The van der Waals surface area contributed by atoms with Gasteiger partial charge in [-0.25, -0.2) is 4.98 Å². The van der Waals surface area contributed by atoms with E-state index >= 15 is 0 Å². The third kappa shape index (κ3) is 3.99. The van der Waals surface area contributed by atoms with Gasteiger partial charge in [-0.1, -0.05) is 23.7 Å². The average Bonchev–Trinajstić information content (AvgIpc) is 3.07. The van der Waals surface area contributed by atoms with Crippen LogP contribution < -0.4 is 4.90 Å². The Hall–Kier alpha value is -1.73. The first kappa shape index (κ1) is 17.7. The van der Waals surface area contributed by atoms with E-state index in [1.807, 2.05) is 12.1 Å². The Morgan fingerprint density at radius 2 is 1.81 bits per heavy atom. The fourth-order valence-corrected chi connectivity index (χ4v) is 4.00. The van der Waals surface area contributed by atoms with Crippen molar-refractivity contribution in [3.05, 3.63) is 53.4 Å². The summed E-state index contributed by atoms with van der Waals surface area (Å²) < 4.78 is 0. The zero-order valence-corrected chi connectivity index (χ0v) is 15.5. The molecule has 2 aromatic rings. The topological polar surface area (TPSA) is 55.7 Å². The minimum Gasteiger partial charge on any atom is -0.390 e. The molecule has 26 heavy (non-hydrogen) atoms. The minimum absolute atomic E-state index is 0.162. The van der Waals surface area contributed by atoms with Gasteiger partial charge >= 0.3 is 0 Å². The molecular formula is C19H24ClN5O. The summed E-state index contributed by atoms with van der Waals surface area (Å²) in [5.74, 6) is 0.843. The molecule has 0 amide bonds. The molecule has 0 saturated carbocycles. The smallest absolute Gasteiger partial charge is 0.147 e. The highest BCUT2D eigenvalue weighted by Gasteiger charge is 2.37. The molecule has 2 fully saturated rings. The van der Waals surface area contributed by atoms with Crippen LogP contribution in [0.2, 0.25) is 5.02 Å². The Balaban J connectivity index is 1.31. The molecule has 6 nitrogen and oxygen atoms in total. The second kappa shape index (κ2) is 7.88. The summed E-state index contributed by atoms with van der Waals surface area (Å²) >= 11 is 5.96. The van der Waals surface area contributed by atoms with Gasteiger partial charge in [-0.3, -0.25) is 14.8 Å². The molecule has 3 heterocycles. The van der Waals surface area contributed by atoms with Crippen LogP contribution in [0.4, 0.5) is 5.82 Å². The lowest BCUT2D eigenvalue weighted by atomic mass is 10.1. The SMILES string of the molecule is O[C@@H]1CN(c2cnccn2)C[C@H]1N1CCN(Cc2ccc(Cl)cc2)CC1. The molecule has 7 heteroatoms. The molecule has 0 spiro atoms. The highest BCUT2D eigenvalue weighted by atomic mass is 35.5. The van der Waals surface area contributed by atoms with Crippen molar-refractivity contribution in [3.8, 4) is 0 Å². The van der Waals surface area contributed by atoms with E-state index in [4.69, 9.17) is 11.6 Å². The van der Waals surface area contributed by atoms with Gasteiger partial charge in [-0.05, 0) is 17.7 Å². The highest BCUT2D eigenvalue weighted by Crippen LogP contribution is 2.22. The van der Waals surface area contributed by atoms with Crippen molar-refractivity contribution in [2.45, 2.75) is 18.7 Å². The lowest BCUT2D eigenvalue weighted by Gasteiger charge is -2.38. The fourth-order valence-electron chi connectivity index (χ4n) is 3.87. The van der Waals surface area contributed by atoms with Crippen LogP contribution in [0.25, 0.3) is 0 Å². The van der Waals surface area contributed by atoms with E-state index in [1.54, 1.807) is 18.6 Å². The number of rotatable bonds is 4. The van der Waals surface area contributed by atoms with Crippen molar-refractivity contribution in [2.75, 3.05) is 44.2 Å². The summed E-state index contributed by atoms with van der Waals surface area (Å²) in [6.45, 7) is 6.34. The Bertz CT molecular complexity index is 706. The average molecular weight is 374 g/mol. The van der Waals surface area contributed by atoms with E-state index < -0.39 is 0 Å². The monoisotopic (exact) mass is 373 g/mol. The number of hydrogen-bond acceptors (Lipinski definition) is 6. The van der Waals surface area contributed by atoms with Crippen LogP contribution >= 0.6 is 11.6 Å². The number of benzene rings is 1. The molecule has 138 valence electrons.